The first-order valence-corrected chi connectivity index (χ1v) is 11.0. The number of hydrogen-bond donors (Lipinski definition) is 3. The highest BCUT2D eigenvalue weighted by molar-refractivity contribution is 14.0. The maximum absolute atomic E-state index is 5.64. The van der Waals surface area contributed by atoms with Crippen molar-refractivity contribution in [1.29, 1.82) is 0 Å². The van der Waals surface area contributed by atoms with E-state index >= 15 is 0 Å². The highest BCUT2D eigenvalue weighted by Gasteiger charge is 2.34. The Kier molecular flexibility index (Phi) is 11.2. The lowest BCUT2D eigenvalue weighted by Crippen LogP contribution is -2.58. The van der Waals surface area contributed by atoms with Crippen LogP contribution in [0.4, 0.5) is 0 Å². The van der Waals surface area contributed by atoms with Crippen LogP contribution in [0.25, 0.3) is 0 Å². The summed E-state index contributed by atoms with van der Waals surface area (Å²) in [7, 11) is 1.83. The molecule has 0 amide bonds. The van der Waals surface area contributed by atoms with Gasteiger partial charge in [0.2, 0.25) is 0 Å². The van der Waals surface area contributed by atoms with Gasteiger partial charge in [0, 0.05) is 49.7 Å². The summed E-state index contributed by atoms with van der Waals surface area (Å²) in [6.45, 7) is 10.00. The Morgan fingerprint density at radius 1 is 1.21 bits per heavy atom. The zero-order valence-electron chi connectivity index (χ0n) is 17.9. The smallest absolute Gasteiger partial charge is 0.191 e. The second-order valence-electron chi connectivity index (χ2n) is 7.91. The lowest BCUT2D eigenvalue weighted by molar-refractivity contribution is 0.0355. The standard InChI is InChI=1S/C21H36N4OS.HI/c1-17(18-9-7-6-8-10-18)25-21(11-13-26-14-12-21)16-24-19(22-4)23-15-20(2,3)27-5;/h6-10,17,25H,11-16H2,1-5H3,(H2,22,23,24);1H. The van der Waals surface area contributed by atoms with E-state index in [0.717, 1.165) is 45.1 Å². The van der Waals surface area contributed by atoms with Crippen LogP contribution in [0.1, 0.15) is 45.2 Å². The van der Waals surface area contributed by atoms with Crippen molar-refractivity contribution in [2.45, 2.75) is 49.9 Å². The van der Waals surface area contributed by atoms with Crippen molar-refractivity contribution in [2.75, 3.05) is 39.6 Å². The Bertz CT molecular complexity index is 591. The second kappa shape index (κ2) is 12.2. The summed E-state index contributed by atoms with van der Waals surface area (Å²) in [5.74, 6) is 0.858. The first-order valence-electron chi connectivity index (χ1n) is 9.80. The molecule has 1 unspecified atom stereocenters. The van der Waals surface area contributed by atoms with Crippen LogP contribution in [0, 0.1) is 0 Å². The largest absolute Gasteiger partial charge is 0.381 e. The fraction of sp³-hybridized carbons (Fsp3) is 0.667. The van der Waals surface area contributed by atoms with Crippen molar-refractivity contribution in [1.82, 2.24) is 16.0 Å². The molecule has 28 heavy (non-hydrogen) atoms. The lowest BCUT2D eigenvalue weighted by atomic mass is 9.88. The molecule has 0 aliphatic carbocycles. The van der Waals surface area contributed by atoms with Crippen LogP contribution in [0.2, 0.25) is 0 Å². The predicted octanol–water partition coefficient (Wildman–Crippen LogP) is 3.81. The SMILES string of the molecule is CN=C(NCC1(NC(C)c2ccccc2)CCOCC1)NCC(C)(C)SC.I. The fourth-order valence-corrected chi connectivity index (χ4v) is 3.48. The predicted molar refractivity (Wildman–Crippen MR) is 133 cm³/mol. The number of thioether (sulfide) groups is 1. The Labute approximate surface area is 192 Å². The van der Waals surface area contributed by atoms with Crippen LogP contribution >= 0.6 is 35.7 Å². The molecule has 1 saturated heterocycles. The molecule has 1 aromatic rings. The topological polar surface area (TPSA) is 57.7 Å². The molecule has 0 radical (unpaired) electrons. The number of guanidine groups is 1. The van der Waals surface area contributed by atoms with Crippen molar-refractivity contribution < 1.29 is 4.74 Å². The van der Waals surface area contributed by atoms with Gasteiger partial charge >= 0.3 is 0 Å². The van der Waals surface area contributed by atoms with Crippen LogP contribution in [-0.2, 0) is 4.74 Å². The van der Waals surface area contributed by atoms with Crippen molar-refractivity contribution in [3.8, 4) is 0 Å². The summed E-state index contributed by atoms with van der Waals surface area (Å²) in [6, 6.07) is 10.9. The average molecular weight is 521 g/mol. The van der Waals surface area contributed by atoms with Crippen LogP contribution in [0.15, 0.2) is 35.3 Å². The van der Waals surface area contributed by atoms with E-state index in [-0.39, 0.29) is 40.3 Å². The molecule has 5 nitrogen and oxygen atoms in total. The molecule has 0 saturated carbocycles. The number of nitrogens with one attached hydrogen (secondary N) is 3. The molecule has 1 heterocycles. The van der Waals surface area contributed by atoms with Gasteiger partial charge in [0.15, 0.2) is 5.96 Å². The highest BCUT2D eigenvalue weighted by atomic mass is 127. The number of hydrogen-bond acceptors (Lipinski definition) is 4. The normalized spacial score (nSPS) is 18.1. The summed E-state index contributed by atoms with van der Waals surface area (Å²) in [4.78, 5) is 4.40. The van der Waals surface area contributed by atoms with Crippen molar-refractivity contribution in [3.05, 3.63) is 35.9 Å². The summed E-state index contributed by atoms with van der Waals surface area (Å²) < 4.78 is 5.81. The molecule has 0 bridgehead atoms. The van der Waals surface area contributed by atoms with Gasteiger partial charge in [0.1, 0.15) is 0 Å². The van der Waals surface area contributed by atoms with Crippen molar-refractivity contribution in [3.63, 3.8) is 0 Å². The third kappa shape index (κ3) is 8.08. The monoisotopic (exact) mass is 520 g/mol. The minimum absolute atomic E-state index is 0. The molecule has 2 rings (SSSR count). The minimum atomic E-state index is 0. The van der Waals surface area contributed by atoms with Gasteiger partial charge in [-0.2, -0.15) is 11.8 Å². The molecule has 1 atom stereocenters. The molecule has 3 N–H and O–H groups in total. The quantitative estimate of drug-likeness (QED) is 0.277. The van der Waals surface area contributed by atoms with E-state index in [1.54, 1.807) is 0 Å². The van der Waals surface area contributed by atoms with Crippen LogP contribution < -0.4 is 16.0 Å². The number of ether oxygens (including phenoxy) is 1. The molecule has 1 aliphatic heterocycles. The molecular weight excluding hydrogens is 483 g/mol. The Hall–Kier alpha value is -0.510. The first kappa shape index (κ1) is 25.5. The molecule has 0 aromatic heterocycles. The van der Waals surface area contributed by atoms with E-state index in [0.29, 0.717) is 0 Å². The number of benzene rings is 1. The number of nitrogens with zero attached hydrogens (tertiary/aromatic N) is 1. The molecule has 160 valence electrons. The molecule has 1 aliphatic rings. The average Bonchev–Trinajstić information content (AvgIpc) is 2.69. The molecular formula is C21H37IN4OS. The molecule has 0 spiro atoms. The Balaban J connectivity index is 0.00000392. The summed E-state index contributed by atoms with van der Waals surface area (Å²) in [5.41, 5.74) is 1.31. The van der Waals surface area contributed by atoms with Gasteiger partial charge in [0.05, 0.1) is 0 Å². The Morgan fingerprint density at radius 2 is 1.86 bits per heavy atom. The van der Waals surface area contributed by atoms with Gasteiger partial charge in [0.25, 0.3) is 0 Å². The van der Waals surface area contributed by atoms with Crippen LogP contribution in [-0.4, -0.2) is 55.9 Å². The lowest BCUT2D eigenvalue weighted by Gasteiger charge is -2.41. The number of rotatable bonds is 8. The van der Waals surface area contributed by atoms with Gasteiger partial charge in [-0.1, -0.05) is 30.3 Å². The first-order chi connectivity index (χ1) is 12.9. The molecule has 1 fully saturated rings. The van der Waals surface area contributed by atoms with Crippen molar-refractivity contribution in [2.24, 2.45) is 4.99 Å². The van der Waals surface area contributed by atoms with Gasteiger partial charge in [-0.15, -0.1) is 24.0 Å². The maximum atomic E-state index is 5.64. The van der Waals surface area contributed by atoms with E-state index in [2.05, 4.69) is 78.3 Å². The third-order valence-corrected chi connectivity index (χ3v) is 6.57. The number of halogens is 1. The maximum Gasteiger partial charge on any atom is 0.191 e. The summed E-state index contributed by atoms with van der Waals surface area (Å²) >= 11 is 1.86. The van der Waals surface area contributed by atoms with E-state index < -0.39 is 0 Å². The second-order valence-corrected chi connectivity index (χ2v) is 9.43. The zero-order chi connectivity index (χ0) is 19.8. The molecule has 7 heteroatoms. The van der Waals surface area contributed by atoms with E-state index in [4.69, 9.17) is 4.74 Å². The van der Waals surface area contributed by atoms with Gasteiger partial charge in [-0.25, -0.2) is 0 Å². The Morgan fingerprint density at radius 3 is 2.43 bits per heavy atom. The van der Waals surface area contributed by atoms with Crippen LogP contribution in [0.5, 0.6) is 0 Å². The minimum Gasteiger partial charge on any atom is -0.381 e. The summed E-state index contributed by atoms with van der Waals surface area (Å²) in [5, 5.41) is 10.9. The highest BCUT2D eigenvalue weighted by Crippen LogP contribution is 2.25. The van der Waals surface area contributed by atoms with Crippen molar-refractivity contribution >= 4 is 41.7 Å². The third-order valence-electron chi connectivity index (χ3n) is 5.32. The number of aliphatic imine (C=N–C) groups is 1. The van der Waals surface area contributed by atoms with Crippen LogP contribution in [0.3, 0.4) is 0 Å². The van der Waals surface area contributed by atoms with E-state index in [1.165, 1.54) is 5.56 Å². The van der Waals surface area contributed by atoms with Gasteiger partial charge < -0.3 is 20.7 Å². The zero-order valence-corrected chi connectivity index (χ0v) is 21.0. The van der Waals surface area contributed by atoms with E-state index in [1.807, 2.05) is 18.8 Å². The van der Waals surface area contributed by atoms with E-state index in [9.17, 15) is 0 Å². The molecule has 1 aromatic carbocycles. The fourth-order valence-electron chi connectivity index (χ4n) is 3.26. The summed E-state index contributed by atoms with van der Waals surface area (Å²) in [6.07, 6.45) is 4.12. The van der Waals surface area contributed by atoms with Gasteiger partial charge in [-0.05, 0) is 45.4 Å². The van der Waals surface area contributed by atoms with Gasteiger partial charge in [-0.3, -0.25) is 4.99 Å².